The van der Waals surface area contributed by atoms with Crippen molar-refractivity contribution in [2.45, 2.75) is 20.5 Å². The molecule has 0 saturated heterocycles. The molecule has 1 N–H and O–H groups in total. The van der Waals surface area contributed by atoms with E-state index in [0.717, 1.165) is 17.0 Å². The molecule has 0 amide bonds. The van der Waals surface area contributed by atoms with Gasteiger partial charge in [-0.05, 0) is 25.5 Å². The summed E-state index contributed by atoms with van der Waals surface area (Å²) in [5.74, 6) is 0. The van der Waals surface area contributed by atoms with Crippen molar-refractivity contribution in [2.75, 3.05) is 0 Å². The van der Waals surface area contributed by atoms with Gasteiger partial charge in [0, 0.05) is 6.20 Å². The molecule has 0 fully saturated rings. The smallest absolute Gasteiger partial charge is 0.137 e. The van der Waals surface area contributed by atoms with Gasteiger partial charge in [0.1, 0.15) is 5.65 Å². The van der Waals surface area contributed by atoms with Crippen molar-refractivity contribution in [2.24, 2.45) is 0 Å². The molecule has 0 atom stereocenters. The number of nitrogens with zero attached hydrogens (tertiary/aromatic N) is 2. The highest BCUT2D eigenvalue weighted by atomic mass is 16.3. The minimum atomic E-state index is 0.0381. The van der Waals surface area contributed by atoms with Gasteiger partial charge < -0.3 is 9.51 Å². The molecule has 0 unspecified atom stereocenters. The van der Waals surface area contributed by atoms with E-state index in [1.54, 1.807) is 0 Å². The molecular formula is C10H12N2O. The number of hydrogen-bond acceptors (Lipinski definition) is 2. The summed E-state index contributed by atoms with van der Waals surface area (Å²) in [6.07, 6.45) is 1.99. The highest BCUT2D eigenvalue weighted by Crippen LogP contribution is 2.12. The number of hydrogen-bond donors (Lipinski definition) is 1. The van der Waals surface area contributed by atoms with Crippen LogP contribution in [0, 0.1) is 13.8 Å². The highest BCUT2D eigenvalue weighted by Gasteiger charge is 2.06. The van der Waals surface area contributed by atoms with E-state index < -0.39 is 0 Å². The molecule has 0 radical (unpaired) electrons. The Morgan fingerprint density at radius 2 is 2.15 bits per heavy atom. The maximum atomic E-state index is 9.14. The molecule has 2 aromatic heterocycles. The van der Waals surface area contributed by atoms with Gasteiger partial charge in [-0.3, -0.25) is 0 Å². The van der Waals surface area contributed by atoms with E-state index in [1.165, 1.54) is 5.56 Å². The maximum absolute atomic E-state index is 9.14. The monoisotopic (exact) mass is 176 g/mol. The number of aromatic nitrogens is 2. The van der Waals surface area contributed by atoms with E-state index >= 15 is 0 Å². The Labute approximate surface area is 76.7 Å². The maximum Gasteiger partial charge on any atom is 0.137 e. The van der Waals surface area contributed by atoms with E-state index in [2.05, 4.69) is 4.98 Å². The van der Waals surface area contributed by atoms with Gasteiger partial charge in [-0.15, -0.1) is 0 Å². The van der Waals surface area contributed by atoms with E-state index in [9.17, 15) is 0 Å². The Hall–Kier alpha value is -1.35. The lowest BCUT2D eigenvalue weighted by molar-refractivity contribution is 0.275. The minimum Gasteiger partial charge on any atom is -0.390 e. The van der Waals surface area contributed by atoms with Crippen LogP contribution in [-0.2, 0) is 6.61 Å². The van der Waals surface area contributed by atoms with Gasteiger partial charge in [0.05, 0.1) is 18.0 Å². The number of imidazole rings is 1. The first-order chi connectivity index (χ1) is 6.22. The molecule has 0 aliphatic carbocycles. The topological polar surface area (TPSA) is 37.5 Å². The zero-order chi connectivity index (χ0) is 9.42. The van der Waals surface area contributed by atoms with E-state index in [0.29, 0.717) is 0 Å². The summed E-state index contributed by atoms with van der Waals surface area (Å²) in [7, 11) is 0. The molecule has 0 aliphatic rings. The summed E-state index contributed by atoms with van der Waals surface area (Å²) >= 11 is 0. The first-order valence-corrected chi connectivity index (χ1v) is 4.27. The van der Waals surface area contributed by atoms with Gasteiger partial charge in [0.2, 0.25) is 0 Å². The number of aliphatic hydroxyl groups excluding tert-OH is 1. The summed E-state index contributed by atoms with van der Waals surface area (Å²) in [4.78, 5) is 4.33. The predicted molar refractivity (Wildman–Crippen MR) is 50.6 cm³/mol. The predicted octanol–water partition coefficient (Wildman–Crippen LogP) is 1.44. The van der Waals surface area contributed by atoms with Gasteiger partial charge in [0.15, 0.2) is 0 Å². The fraction of sp³-hybridized carbons (Fsp3) is 0.300. The lowest BCUT2D eigenvalue weighted by atomic mass is 10.3. The van der Waals surface area contributed by atoms with Crippen molar-refractivity contribution in [1.82, 2.24) is 9.38 Å². The molecule has 68 valence electrons. The van der Waals surface area contributed by atoms with Crippen LogP contribution in [0.3, 0.4) is 0 Å². The van der Waals surface area contributed by atoms with E-state index in [-0.39, 0.29) is 6.61 Å². The Balaban J connectivity index is 2.80. The van der Waals surface area contributed by atoms with Crippen LogP contribution in [0.15, 0.2) is 18.3 Å². The summed E-state index contributed by atoms with van der Waals surface area (Å²) in [6, 6.07) is 3.98. The fourth-order valence-electron chi connectivity index (χ4n) is 1.51. The zero-order valence-electron chi connectivity index (χ0n) is 7.78. The number of fused-ring (bicyclic) bond motifs is 1. The van der Waals surface area contributed by atoms with Crippen LogP contribution in [0.4, 0.5) is 0 Å². The minimum absolute atomic E-state index is 0.0381. The van der Waals surface area contributed by atoms with E-state index in [4.69, 9.17) is 5.11 Å². The second-order valence-corrected chi connectivity index (χ2v) is 3.24. The standard InChI is InChI=1S/C10H12N2O/c1-7-3-4-10-11-8(2)9(6-13)12(10)5-7/h3-5,13H,6H2,1-2H3. The first-order valence-electron chi connectivity index (χ1n) is 4.27. The van der Waals surface area contributed by atoms with Crippen LogP contribution in [0.5, 0.6) is 0 Å². The third-order valence-electron chi connectivity index (χ3n) is 2.22. The Kier molecular flexibility index (Phi) is 1.81. The average Bonchev–Trinajstić information content (AvgIpc) is 2.40. The third kappa shape index (κ3) is 1.21. The number of pyridine rings is 1. The molecule has 13 heavy (non-hydrogen) atoms. The number of aliphatic hydroxyl groups is 1. The van der Waals surface area contributed by atoms with Crippen molar-refractivity contribution in [3.8, 4) is 0 Å². The van der Waals surface area contributed by atoms with Gasteiger partial charge in [-0.1, -0.05) is 6.07 Å². The van der Waals surface area contributed by atoms with Crippen LogP contribution in [0.2, 0.25) is 0 Å². The van der Waals surface area contributed by atoms with Crippen LogP contribution in [-0.4, -0.2) is 14.5 Å². The highest BCUT2D eigenvalue weighted by molar-refractivity contribution is 5.44. The number of aryl methyl sites for hydroxylation is 2. The van der Waals surface area contributed by atoms with Crippen molar-refractivity contribution in [3.05, 3.63) is 35.3 Å². The molecule has 2 aromatic rings. The van der Waals surface area contributed by atoms with Crippen LogP contribution in [0.1, 0.15) is 17.0 Å². The van der Waals surface area contributed by atoms with Gasteiger partial charge in [0.25, 0.3) is 0 Å². The van der Waals surface area contributed by atoms with Crippen LogP contribution < -0.4 is 0 Å². The number of rotatable bonds is 1. The Morgan fingerprint density at radius 3 is 2.85 bits per heavy atom. The largest absolute Gasteiger partial charge is 0.390 e. The fourth-order valence-corrected chi connectivity index (χ4v) is 1.51. The summed E-state index contributed by atoms with van der Waals surface area (Å²) < 4.78 is 1.94. The molecule has 3 nitrogen and oxygen atoms in total. The second-order valence-electron chi connectivity index (χ2n) is 3.24. The third-order valence-corrected chi connectivity index (χ3v) is 2.22. The normalized spacial score (nSPS) is 11.0. The molecule has 0 aliphatic heterocycles. The molecule has 0 saturated carbocycles. The Bertz CT molecular complexity index is 445. The van der Waals surface area contributed by atoms with Crippen molar-refractivity contribution < 1.29 is 5.11 Å². The van der Waals surface area contributed by atoms with Crippen molar-refractivity contribution in [3.63, 3.8) is 0 Å². The lowest BCUT2D eigenvalue weighted by Crippen LogP contribution is -1.94. The summed E-state index contributed by atoms with van der Waals surface area (Å²) in [6.45, 7) is 3.97. The SMILES string of the molecule is Cc1ccc2nc(C)c(CO)n2c1. The molecule has 0 spiro atoms. The van der Waals surface area contributed by atoms with Crippen LogP contribution in [0.25, 0.3) is 5.65 Å². The average molecular weight is 176 g/mol. The molecular weight excluding hydrogens is 164 g/mol. The quantitative estimate of drug-likeness (QED) is 0.714. The Morgan fingerprint density at radius 1 is 1.38 bits per heavy atom. The van der Waals surface area contributed by atoms with Gasteiger partial charge in [-0.2, -0.15) is 0 Å². The zero-order valence-corrected chi connectivity index (χ0v) is 7.78. The lowest BCUT2D eigenvalue weighted by Gasteiger charge is -1.99. The molecule has 0 aromatic carbocycles. The second kappa shape index (κ2) is 2.85. The molecule has 0 bridgehead atoms. The summed E-state index contributed by atoms with van der Waals surface area (Å²) in [5, 5.41) is 9.14. The van der Waals surface area contributed by atoms with Gasteiger partial charge >= 0.3 is 0 Å². The first kappa shape index (κ1) is 8.26. The van der Waals surface area contributed by atoms with Crippen LogP contribution >= 0.6 is 0 Å². The van der Waals surface area contributed by atoms with Crippen molar-refractivity contribution >= 4 is 5.65 Å². The molecule has 2 heterocycles. The molecule has 3 heteroatoms. The van der Waals surface area contributed by atoms with E-state index in [1.807, 2.05) is 36.6 Å². The molecule has 2 rings (SSSR count). The van der Waals surface area contributed by atoms with Crippen molar-refractivity contribution in [1.29, 1.82) is 0 Å². The summed E-state index contributed by atoms with van der Waals surface area (Å²) in [5.41, 5.74) is 3.83. The van der Waals surface area contributed by atoms with Gasteiger partial charge in [-0.25, -0.2) is 4.98 Å².